The zero-order chi connectivity index (χ0) is 16.0. The van der Waals surface area contributed by atoms with Crippen molar-refractivity contribution in [2.45, 2.75) is 12.8 Å². The minimum atomic E-state index is -0.254. The second-order valence-electron chi connectivity index (χ2n) is 5.69. The summed E-state index contributed by atoms with van der Waals surface area (Å²) >= 11 is 12.1. The first-order chi connectivity index (χ1) is 11.1. The first-order valence-electron chi connectivity index (χ1n) is 7.43. The van der Waals surface area contributed by atoms with Crippen LogP contribution in [0.25, 0.3) is 10.8 Å². The molecule has 114 valence electrons. The van der Waals surface area contributed by atoms with Gasteiger partial charge in [0.1, 0.15) is 0 Å². The third-order valence-electron chi connectivity index (χ3n) is 4.30. The number of amides is 1. The zero-order valence-corrected chi connectivity index (χ0v) is 13.7. The number of nitrogens with one attached hydrogen (secondary N) is 1. The molecule has 0 fully saturated rings. The Labute approximate surface area is 144 Å². The Balaban J connectivity index is 1.77. The van der Waals surface area contributed by atoms with Crippen molar-refractivity contribution < 1.29 is 4.79 Å². The lowest BCUT2D eigenvalue weighted by atomic mass is 10.0. The van der Waals surface area contributed by atoms with Crippen LogP contribution in [-0.2, 0) is 12.8 Å². The van der Waals surface area contributed by atoms with E-state index in [2.05, 4.69) is 17.4 Å². The maximum absolute atomic E-state index is 12.6. The number of anilines is 1. The van der Waals surface area contributed by atoms with Gasteiger partial charge >= 0.3 is 0 Å². The number of benzene rings is 3. The molecule has 2 nitrogen and oxygen atoms in total. The molecular formula is C19H13Cl2NO. The van der Waals surface area contributed by atoms with E-state index in [1.165, 1.54) is 16.5 Å². The van der Waals surface area contributed by atoms with Gasteiger partial charge in [0.05, 0.1) is 10.6 Å². The van der Waals surface area contributed by atoms with Gasteiger partial charge in [0.2, 0.25) is 0 Å². The lowest BCUT2D eigenvalue weighted by molar-refractivity contribution is 0.102. The summed E-state index contributed by atoms with van der Waals surface area (Å²) < 4.78 is 0. The van der Waals surface area contributed by atoms with Gasteiger partial charge in [-0.15, -0.1) is 0 Å². The van der Waals surface area contributed by atoms with Crippen LogP contribution < -0.4 is 5.32 Å². The molecule has 1 amide bonds. The summed E-state index contributed by atoms with van der Waals surface area (Å²) in [6, 6.07) is 15.2. The SMILES string of the molecule is O=C(Nc1ccc2c3c(cccc13)CC2)c1cc(Cl)ccc1Cl. The van der Waals surface area contributed by atoms with Gasteiger partial charge in [-0.1, -0.05) is 47.5 Å². The molecule has 0 radical (unpaired) electrons. The molecular weight excluding hydrogens is 329 g/mol. The fraction of sp³-hybridized carbons (Fsp3) is 0.105. The molecule has 0 bridgehead atoms. The molecule has 0 spiro atoms. The number of halogens is 2. The molecule has 4 heteroatoms. The highest BCUT2D eigenvalue weighted by molar-refractivity contribution is 6.36. The monoisotopic (exact) mass is 341 g/mol. The van der Waals surface area contributed by atoms with Crippen molar-refractivity contribution in [3.05, 3.63) is 75.3 Å². The minimum Gasteiger partial charge on any atom is -0.321 e. The van der Waals surface area contributed by atoms with Gasteiger partial charge in [-0.2, -0.15) is 0 Å². The second-order valence-corrected chi connectivity index (χ2v) is 6.53. The van der Waals surface area contributed by atoms with Crippen LogP contribution in [0.4, 0.5) is 5.69 Å². The van der Waals surface area contributed by atoms with Crippen LogP contribution >= 0.6 is 23.2 Å². The van der Waals surface area contributed by atoms with Gasteiger partial charge in [0, 0.05) is 16.1 Å². The van der Waals surface area contributed by atoms with Crippen molar-refractivity contribution >= 4 is 45.6 Å². The quantitative estimate of drug-likeness (QED) is 0.655. The molecule has 1 N–H and O–H groups in total. The van der Waals surface area contributed by atoms with Crippen molar-refractivity contribution in [1.82, 2.24) is 0 Å². The summed E-state index contributed by atoms with van der Waals surface area (Å²) in [5.41, 5.74) is 3.86. The number of rotatable bonds is 2. The Kier molecular flexibility index (Phi) is 3.51. The normalized spacial score (nSPS) is 12.6. The van der Waals surface area contributed by atoms with E-state index in [1.54, 1.807) is 18.2 Å². The molecule has 3 aromatic rings. The molecule has 0 saturated carbocycles. The Hall–Kier alpha value is -2.03. The lowest BCUT2D eigenvalue weighted by Gasteiger charge is -2.11. The number of carbonyl (C=O) groups is 1. The number of aryl methyl sites for hydroxylation is 2. The molecule has 1 aliphatic carbocycles. The highest BCUT2D eigenvalue weighted by atomic mass is 35.5. The number of hydrogen-bond acceptors (Lipinski definition) is 1. The molecule has 0 atom stereocenters. The highest BCUT2D eigenvalue weighted by Gasteiger charge is 2.18. The fourth-order valence-electron chi connectivity index (χ4n) is 3.22. The maximum Gasteiger partial charge on any atom is 0.257 e. The first kappa shape index (κ1) is 14.6. The lowest BCUT2D eigenvalue weighted by Crippen LogP contribution is -2.12. The predicted molar refractivity (Wildman–Crippen MR) is 95.8 cm³/mol. The van der Waals surface area contributed by atoms with E-state index >= 15 is 0 Å². The van der Waals surface area contributed by atoms with E-state index in [9.17, 15) is 4.79 Å². The fourth-order valence-corrected chi connectivity index (χ4v) is 3.59. The van der Waals surface area contributed by atoms with Gasteiger partial charge in [-0.25, -0.2) is 0 Å². The van der Waals surface area contributed by atoms with E-state index < -0.39 is 0 Å². The van der Waals surface area contributed by atoms with Crippen molar-refractivity contribution in [3.8, 4) is 0 Å². The summed E-state index contributed by atoms with van der Waals surface area (Å²) in [5, 5.41) is 6.18. The van der Waals surface area contributed by atoms with Crippen LogP contribution in [0.5, 0.6) is 0 Å². The molecule has 0 aliphatic heterocycles. The topological polar surface area (TPSA) is 29.1 Å². The smallest absolute Gasteiger partial charge is 0.257 e. The van der Waals surface area contributed by atoms with Crippen LogP contribution in [-0.4, -0.2) is 5.91 Å². The van der Waals surface area contributed by atoms with Crippen LogP contribution in [0.3, 0.4) is 0 Å². The summed E-state index contributed by atoms with van der Waals surface area (Å²) in [5.74, 6) is -0.254. The average Bonchev–Trinajstić information content (AvgIpc) is 2.97. The number of hydrogen-bond donors (Lipinski definition) is 1. The standard InChI is InChI=1S/C19H13Cl2NO/c20-13-7-8-16(21)15(10-13)19(23)22-17-9-6-12-5-4-11-2-1-3-14(17)18(11)12/h1-3,6-10H,4-5H2,(H,22,23). The van der Waals surface area contributed by atoms with E-state index in [-0.39, 0.29) is 5.91 Å². The Morgan fingerprint density at radius 2 is 1.74 bits per heavy atom. The van der Waals surface area contributed by atoms with Crippen molar-refractivity contribution in [2.75, 3.05) is 5.32 Å². The molecule has 23 heavy (non-hydrogen) atoms. The van der Waals surface area contributed by atoms with Gasteiger partial charge in [0.25, 0.3) is 5.91 Å². The average molecular weight is 342 g/mol. The van der Waals surface area contributed by atoms with Gasteiger partial charge < -0.3 is 5.32 Å². The summed E-state index contributed by atoms with van der Waals surface area (Å²) in [4.78, 5) is 12.6. The Bertz CT molecular complexity index is 939. The van der Waals surface area contributed by atoms with E-state index in [1.807, 2.05) is 18.2 Å². The second kappa shape index (κ2) is 5.55. The largest absolute Gasteiger partial charge is 0.321 e. The van der Waals surface area contributed by atoms with Gasteiger partial charge in [-0.3, -0.25) is 4.79 Å². The molecule has 0 saturated heterocycles. The van der Waals surface area contributed by atoms with Crippen LogP contribution in [0.2, 0.25) is 10.0 Å². The Morgan fingerprint density at radius 3 is 2.57 bits per heavy atom. The van der Waals surface area contributed by atoms with Crippen molar-refractivity contribution in [2.24, 2.45) is 0 Å². The van der Waals surface area contributed by atoms with Crippen LogP contribution in [0.1, 0.15) is 21.5 Å². The molecule has 0 aromatic heterocycles. The van der Waals surface area contributed by atoms with Crippen LogP contribution in [0, 0.1) is 0 Å². The third-order valence-corrected chi connectivity index (χ3v) is 4.86. The summed E-state index contributed by atoms with van der Waals surface area (Å²) in [6.07, 6.45) is 2.12. The molecule has 0 heterocycles. The molecule has 1 aliphatic rings. The summed E-state index contributed by atoms with van der Waals surface area (Å²) in [6.45, 7) is 0. The van der Waals surface area contributed by atoms with Crippen LogP contribution in [0.15, 0.2) is 48.5 Å². The zero-order valence-electron chi connectivity index (χ0n) is 12.2. The first-order valence-corrected chi connectivity index (χ1v) is 8.19. The molecule has 0 unspecified atom stereocenters. The van der Waals surface area contributed by atoms with E-state index in [0.29, 0.717) is 15.6 Å². The van der Waals surface area contributed by atoms with E-state index in [4.69, 9.17) is 23.2 Å². The van der Waals surface area contributed by atoms with E-state index in [0.717, 1.165) is 23.9 Å². The Morgan fingerprint density at radius 1 is 0.957 bits per heavy atom. The predicted octanol–water partition coefficient (Wildman–Crippen LogP) is 5.50. The molecule has 3 aromatic carbocycles. The number of carbonyl (C=O) groups excluding carboxylic acids is 1. The maximum atomic E-state index is 12.6. The molecule has 4 rings (SSSR count). The minimum absolute atomic E-state index is 0.254. The summed E-state index contributed by atoms with van der Waals surface area (Å²) in [7, 11) is 0. The third kappa shape index (κ3) is 2.48. The van der Waals surface area contributed by atoms with Gasteiger partial charge in [-0.05, 0) is 53.6 Å². The van der Waals surface area contributed by atoms with Crippen molar-refractivity contribution in [1.29, 1.82) is 0 Å². The van der Waals surface area contributed by atoms with Gasteiger partial charge in [0.15, 0.2) is 0 Å². The van der Waals surface area contributed by atoms with Crippen molar-refractivity contribution in [3.63, 3.8) is 0 Å². The highest BCUT2D eigenvalue weighted by Crippen LogP contribution is 2.35.